The van der Waals surface area contributed by atoms with Crippen LogP contribution in [0.15, 0.2) is 24.3 Å². The first-order valence-corrected chi connectivity index (χ1v) is 11.1. The van der Waals surface area contributed by atoms with Crippen LogP contribution in [0, 0.1) is 0 Å². The molecule has 0 spiro atoms. The molecule has 1 aromatic rings. The van der Waals surface area contributed by atoms with Gasteiger partial charge < -0.3 is 9.64 Å². The summed E-state index contributed by atoms with van der Waals surface area (Å²) in [5, 5.41) is 0. The summed E-state index contributed by atoms with van der Waals surface area (Å²) in [6, 6.07) is 4.26. The third-order valence-electron chi connectivity index (χ3n) is 6.64. The van der Waals surface area contributed by atoms with Gasteiger partial charge in [-0.1, -0.05) is 18.2 Å². The number of ether oxygens (including phenoxy) is 1. The minimum Gasteiger partial charge on any atom is -0.376 e. The molecule has 3 amide bonds. The molecule has 3 aliphatic rings. The fourth-order valence-corrected chi connectivity index (χ4v) is 4.74. The number of rotatable bonds is 7. The minimum absolute atomic E-state index is 0.0651. The van der Waals surface area contributed by atoms with Gasteiger partial charge in [-0.25, -0.2) is 0 Å². The largest absolute Gasteiger partial charge is 0.416 e. The molecule has 32 heavy (non-hydrogen) atoms. The maximum absolute atomic E-state index is 13.5. The lowest BCUT2D eigenvalue weighted by molar-refractivity contribution is -0.143. The van der Waals surface area contributed by atoms with Gasteiger partial charge in [0.25, 0.3) is 0 Å². The first kappa shape index (κ1) is 22.8. The molecule has 1 aromatic carbocycles. The molecule has 6 nitrogen and oxygen atoms in total. The SMILES string of the molecule is CCN(C[C@H]1CCCO1)C(=O)C[C@]1(c2cccc(C(F)(F)F)c2)CC(=O)N(C2CC2)C1=O. The summed E-state index contributed by atoms with van der Waals surface area (Å²) in [4.78, 5) is 42.3. The highest BCUT2D eigenvalue weighted by molar-refractivity contribution is 6.11. The van der Waals surface area contributed by atoms with Crippen LogP contribution in [-0.4, -0.2) is 59.4 Å². The molecule has 2 heterocycles. The molecular weight excluding hydrogens is 425 g/mol. The van der Waals surface area contributed by atoms with Crippen molar-refractivity contribution >= 4 is 17.7 Å². The number of hydrogen-bond acceptors (Lipinski definition) is 4. The minimum atomic E-state index is -4.60. The molecule has 0 N–H and O–H groups in total. The van der Waals surface area contributed by atoms with Crippen molar-refractivity contribution < 1.29 is 32.3 Å². The van der Waals surface area contributed by atoms with E-state index in [1.165, 1.54) is 17.0 Å². The van der Waals surface area contributed by atoms with E-state index in [1.807, 2.05) is 6.92 Å². The van der Waals surface area contributed by atoms with Gasteiger partial charge in [-0.05, 0) is 44.2 Å². The van der Waals surface area contributed by atoms with Gasteiger partial charge in [0.05, 0.1) is 17.1 Å². The van der Waals surface area contributed by atoms with Gasteiger partial charge in [0, 0.05) is 38.6 Å². The van der Waals surface area contributed by atoms with E-state index in [1.54, 1.807) is 4.90 Å². The molecule has 9 heteroatoms. The van der Waals surface area contributed by atoms with Crippen molar-refractivity contribution in [2.75, 3.05) is 19.7 Å². The maximum atomic E-state index is 13.5. The van der Waals surface area contributed by atoms with Gasteiger partial charge in [-0.15, -0.1) is 0 Å². The third-order valence-corrected chi connectivity index (χ3v) is 6.64. The Morgan fingerprint density at radius 1 is 1.25 bits per heavy atom. The number of amides is 3. The van der Waals surface area contributed by atoms with Crippen LogP contribution in [0.4, 0.5) is 13.2 Å². The zero-order valence-electron chi connectivity index (χ0n) is 18.0. The molecule has 0 bridgehead atoms. The second kappa shape index (κ2) is 8.50. The lowest BCUT2D eigenvalue weighted by Crippen LogP contribution is -2.45. The first-order chi connectivity index (χ1) is 15.2. The molecule has 0 radical (unpaired) electrons. The van der Waals surface area contributed by atoms with E-state index in [0.29, 0.717) is 32.5 Å². The van der Waals surface area contributed by atoms with Crippen LogP contribution in [0.1, 0.15) is 56.6 Å². The normalized spacial score (nSPS) is 26.1. The van der Waals surface area contributed by atoms with Crippen molar-refractivity contribution in [1.82, 2.24) is 9.80 Å². The average Bonchev–Trinajstić information content (AvgIpc) is 3.37. The fraction of sp³-hybridized carbons (Fsp3) is 0.609. The summed E-state index contributed by atoms with van der Waals surface area (Å²) in [7, 11) is 0. The smallest absolute Gasteiger partial charge is 0.376 e. The van der Waals surface area contributed by atoms with Crippen molar-refractivity contribution in [1.29, 1.82) is 0 Å². The number of carbonyl (C=O) groups is 3. The van der Waals surface area contributed by atoms with Gasteiger partial charge in [0.15, 0.2) is 0 Å². The van der Waals surface area contributed by atoms with Crippen LogP contribution in [0.5, 0.6) is 0 Å². The molecular formula is C23H27F3N2O4. The molecule has 0 aromatic heterocycles. The molecule has 4 rings (SSSR count). The Morgan fingerprint density at radius 3 is 2.59 bits per heavy atom. The van der Waals surface area contributed by atoms with Crippen LogP contribution in [0.2, 0.25) is 0 Å². The van der Waals surface area contributed by atoms with E-state index in [0.717, 1.165) is 25.0 Å². The Bertz CT molecular complexity index is 909. The number of likely N-dealkylation sites (tertiary alicyclic amines) is 1. The standard InChI is InChI=1S/C23H27F3N2O4/c1-2-27(14-18-7-4-10-32-18)19(29)12-22(13-20(30)28(21(22)31)17-8-9-17)15-5-3-6-16(11-15)23(24,25)26/h3,5-6,11,17-18H,2,4,7-10,12-14H2,1H3/t18-,22-/m1/s1. The van der Waals surface area contributed by atoms with Crippen LogP contribution in [0.25, 0.3) is 0 Å². The van der Waals surface area contributed by atoms with Crippen LogP contribution in [0.3, 0.4) is 0 Å². The van der Waals surface area contributed by atoms with E-state index in [9.17, 15) is 27.6 Å². The molecule has 1 saturated carbocycles. The van der Waals surface area contributed by atoms with Crippen molar-refractivity contribution in [2.24, 2.45) is 0 Å². The predicted octanol–water partition coefficient (Wildman–Crippen LogP) is 3.28. The van der Waals surface area contributed by atoms with Crippen LogP contribution >= 0.6 is 0 Å². The third kappa shape index (κ3) is 4.27. The molecule has 0 unspecified atom stereocenters. The quantitative estimate of drug-likeness (QED) is 0.596. The van der Waals surface area contributed by atoms with Gasteiger partial charge >= 0.3 is 6.18 Å². The Labute approximate surface area is 184 Å². The number of alkyl halides is 3. The van der Waals surface area contributed by atoms with E-state index in [-0.39, 0.29) is 36.5 Å². The zero-order valence-corrected chi connectivity index (χ0v) is 18.0. The summed E-state index contributed by atoms with van der Waals surface area (Å²) < 4.78 is 45.8. The number of likely N-dealkylation sites (N-methyl/N-ethyl adjacent to an activating group) is 1. The van der Waals surface area contributed by atoms with Crippen molar-refractivity contribution in [3.05, 3.63) is 35.4 Å². The van der Waals surface area contributed by atoms with Crippen LogP contribution in [-0.2, 0) is 30.7 Å². The second-order valence-electron chi connectivity index (χ2n) is 8.88. The Morgan fingerprint density at radius 2 is 2.00 bits per heavy atom. The van der Waals surface area contributed by atoms with Crippen LogP contribution < -0.4 is 0 Å². The highest BCUT2D eigenvalue weighted by atomic mass is 19.4. The molecule has 2 saturated heterocycles. The fourth-order valence-electron chi connectivity index (χ4n) is 4.74. The summed E-state index contributed by atoms with van der Waals surface area (Å²) in [5.74, 6) is -1.35. The topological polar surface area (TPSA) is 66.9 Å². The van der Waals surface area contributed by atoms with E-state index in [2.05, 4.69) is 0 Å². The highest BCUT2D eigenvalue weighted by Gasteiger charge is 2.57. The molecule has 2 aliphatic heterocycles. The number of benzene rings is 1. The van der Waals surface area contributed by atoms with E-state index < -0.39 is 29.0 Å². The number of carbonyl (C=O) groups excluding carboxylic acids is 3. The summed E-state index contributed by atoms with van der Waals surface area (Å²) >= 11 is 0. The van der Waals surface area contributed by atoms with Gasteiger partial charge in [-0.3, -0.25) is 19.3 Å². The highest BCUT2D eigenvalue weighted by Crippen LogP contribution is 2.45. The van der Waals surface area contributed by atoms with Crippen molar-refractivity contribution in [3.63, 3.8) is 0 Å². The first-order valence-electron chi connectivity index (χ1n) is 11.1. The molecule has 1 aliphatic carbocycles. The predicted molar refractivity (Wildman–Crippen MR) is 108 cm³/mol. The van der Waals surface area contributed by atoms with Gasteiger partial charge in [0.2, 0.25) is 17.7 Å². The average molecular weight is 452 g/mol. The Kier molecular flexibility index (Phi) is 6.04. The van der Waals surface area contributed by atoms with E-state index >= 15 is 0 Å². The summed E-state index contributed by atoms with van der Waals surface area (Å²) in [6.45, 7) is 3.18. The van der Waals surface area contributed by atoms with Crippen molar-refractivity contribution in [2.45, 2.75) is 69.2 Å². The molecule has 2 atom stereocenters. The monoisotopic (exact) mass is 452 g/mol. The lowest BCUT2D eigenvalue weighted by Gasteiger charge is -2.31. The molecule has 174 valence electrons. The Hall–Kier alpha value is -2.42. The maximum Gasteiger partial charge on any atom is 0.416 e. The summed E-state index contributed by atoms with van der Waals surface area (Å²) in [6.07, 6.45) is -2.22. The summed E-state index contributed by atoms with van der Waals surface area (Å²) in [5.41, 5.74) is -2.46. The van der Waals surface area contributed by atoms with Gasteiger partial charge in [-0.2, -0.15) is 13.2 Å². The second-order valence-corrected chi connectivity index (χ2v) is 8.88. The van der Waals surface area contributed by atoms with Gasteiger partial charge in [0.1, 0.15) is 0 Å². The van der Waals surface area contributed by atoms with Crippen molar-refractivity contribution in [3.8, 4) is 0 Å². The zero-order chi connectivity index (χ0) is 23.1. The molecule has 3 fully saturated rings. The lowest BCUT2D eigenvalue weighted by atomic mass is 9.75. The number of hydrogen-bond donors (Lipinski definition) is 0. The number of nitrogens with zero attached hydrogens (tertiary/aromatic N) is 2. The number of halogens is 3. The number of imide groups is 1. The Balaban J connectivity index is 1.68. The van der Waals surface area contributed by atoms with E-state index in [4.69, 9.17) is 4.74 Å².